The number of anilines is 2. The largest absolute Gasteiger partial charge is 0.355 e. The molecule has 340 valence electrons. The fourth-order valence-corrected chi connectivity index (χ4v) is 11.3. The molecule has 1 atom stereocenters. The Labute approximate surface area is 416 Å². The molecule has 1 N–H and O–H groups in total. The summed E-state index contributed by atoms with van der Waals surface area (Å²) in [7, 11) is 0. The van der Waals surface area contributed by atoms with E-state index < -0.39 is 0 Å². The van der Waals surface area contributed by atoms with Crippen molar-refractivity contribution < 1.29 is 0 Å². The molecule has 0 fully saturated rings. The molecular weight excluding hydrogens is 877 g/mol. The summed E-state index contributed by atoms with van der Waals surface area (Å²) in [6.07, 6.45) is 17.8. The summed E-state index contributed by atoms with van der Waals surface area (Å²) in [6.45, 7) is 0. The Kier molecular flexibility index (Phi) is 9.88. The maximum Gasteiger partial charge on any atom is 0.0788 e. The number of nitrogens with zero attached hydrogens (tertiary/aromatic N) is 5. The summed E-state index contributed by atoms with van der Waals surface area (Å²) in [4.78, 5) is 8.75. The molecule has 5 aromatic heterocycles. The molecule has 0 saturated heterocycles. The van der Waals surface area contributed by atoms with Crippen LogP contribution in [0.3, 0.4) is 0 Å². The smallest absolute Gasteiger partial charge is 0.0788 e. The number of allylic oxidation sites excluding steroid dienone is 2. The number of aromatic nitrogens is 5. The molecule has 14 rings (SSSR count). The van der Waals surface area contributed by atoms with Crippen molar-refractivity contribution in [1.29, 1.82) is 0 Å². The lowest BCUT2D eigenvalue weighted by Crippen LogP contribution is -2.04. The van der Waals surface area contributed by atoms with Crippen LogP contribution in [0.1, 0.15) is 29.2 Å². The van der Waals surface area contributed by atoms with Crippen molar-refractivity contribution in [3.63, 3.8) is 0 Å². The molecule has 72 heavy (non-hydrogen) atoms. The zero-order valence-corrected chi connectivity index (χ0v) is 39.3. The third kappa shape index (κ3) is 6.87. The van der Waals surface area contributed by atoms with Crippen LogP contribution in [-0.2, 0) is 0 Å². The van der Waals surface area contributed by atoms with Gasteiger partial charge in [-0.15, -0.1) is 0 Å². The molecule has 0 radical (unpaired) electrons. The van der Waals surface area contributed by atoms with Crippen molar-refractivity contribution in [1.82, 2.24) is 23.7 Å². The average Bonchev–Trinajstić information content (AvgIpc) is 4.07. The second kappa shape index (κ2) is 17.2. The van der Waals surface area contributed by atoms with Crippen molar-refractivity contribution >= 4 is 78.0 Å². The van der Waals surface area contributed by atoms with Crippen LogP contribution in [0.2, 0.25) is 0 Å². The van der Waals surface area contributed by atoms with E-state index in [2.05, 4.69) is 260 Å². The number of para-hydroxylation sites is 2. The van der Waals surface area contributed by atoms with E-state index in [-0.39, 0.29) is 5.92 Å². The van der Waals surface area contributed by atoms with Crippen molar-refractivity contribution in [2.45, 2.75) is 12.3 Å². The third-order valence-corrected chi connectivity index (χ3v) is 14.6. The van der Waals surface area contributed by atoms with Crippen LogP contribution in [0.5, 0.6) is 0 Å². The van der Waals surface area contributed by atoms with Gasteiger partial charge in [-0.25, -0.2) is 0 Å². The predicted octanol–water partition coefficient (Wildman–Crippen LogP) is 16.9. The first-order chi connectivity index (χ1) is 35.7. The molecule has 13 aromatic rings. The molecule has 8 aromatic carbocycles. The molecule has 6 nitrogen and oxygen atoms in total. The lowest BCUT2D eigenvalue weighted by molar-refractivity contribution is 0.870. The van der Waals surface area contributed by atoms with Gasteiger partial charge >= 0.3 is 0 Å². The highest BCUT2D eigenvalue weighted by Crippen LogP contribution is 2.44. The molecular formula is C66H46N6. The Bertz CT molecular complexity index is 4240. The Balaban J connectivity index is 0.906. The van der Waals surface area contributed by atoms with E-state index in [0.29, 0.717) is 0 Å². The van der Waals surface area contributed by atoms with Crippen LogP contribution < -0.4 is 5.32 Å². The van der Waals surface area contributed by atoms with Crippen molar-refractivity contribution in [2.75, 3.05) is 5.32 Å². The second-order valence-electron chi connectivity index (χ2n) is 18.6. The summed E-state index contributed by atoms with van der Waals surface area (Å²) in [5, 5.41) is 9.99. The zero-order valence-electron chi connectivity index (χ0n) is 39.3. The normalized spacial score (nSPS) is 14.0. The van der Waals surface area contributed by atoms with Crippen LogP contribution in [0, 0.1) is 0 Å². The van der Waals surface area contributed by atoms with Crippen molar-refractivity contribution in [3.8, 4) is 39.3 Å². The van der Waals surface area contributed by atoms with E-state index in [1.165, 1.54) is 65.8 Å². The SMILES string of the molecule is C1=CC(c2cc(-c3ccccc3)ccc2Nc2ccc(-n3c4ccc(-c5ccccc5)cc4c4ccc5c6ccccc6n(-c6ccncc6)c5c43)cc2)C/C=C\c2c1n(-c1ccncc1)c1ccccc21. The number of pyridine rings is 2. The van der Waals surface area contributed by atoms with Crippen LogP contribution in [0.4, 0.5) is 11.4 Å². The van der Waals surface area contributed by atoms with Crippen LogP contribution in [0.15, 0.2) is 243 Å². The second-order valence-corrected chi connectivity index (χ2v) is 18.6. The Morgan fingerprint density at radius 2 is 0.944 bits per heavy atom. The molecule has 1 aliphatic rings. The monoisotopic (exact) mass is 922 g/mol. The van der Waals surface area contributed by atoms with E-state index >= 15 is 0 Å². The quantitative estimate of drug-likeness (QED) is 0.165. The highest BCUT2D eigenvalue weighted by molar-refractivity contribution is 6.24. The standard InChI is InChI=1S/C66H46N6/c1-3-12-44(13-4-1)47-22-31-60(58(42-47)46-16-11-19-54-53-17-7-9-20-61(53)70(63(54)32-23-46)51-34-38-67-39-35-51)69-49-25-27-50(28-26-49)71-64-33-24-48(45-14-5-2-6-15-45)43-59(64)57-30-29-56-55-18-8-10-21-62(55)72(65(56)66(57)71)52-36-40-68-41-37-52/h1-15,17-43,46,69H,16H2/b19-11-,32-23?. The topological polar surface area (TPSA) is 52.6 Å². The molecule has 0 saturated carbocycles. The maximum atomic E-state index is 4.41. The van der Waals surface area contributed by atoms with Gasteiger partial charge in [0.15, 0.2) is 0 Å². The van der Waals surface area contributed by atoms with Gasteiger partial charge in [-0.3, -0.25) is 9.97 Å². The average molecular weight is 923 g/mol. The number of hydrogen-bond acceptors (Lipinski definition) is 3. The summed E-state index contributed by atoms with van der Waals surface area (Å²) in [6, 6.07) is 74.6. The van der Waals surface area contributed by atoms with Gasteiger partial charge in [-0.1, -0.05) is 140 Å². The number of nitrogens with one attached hydrogen (secondary N) is 1. The van der Waals surface area contributed by atoms with Crippen molar-refractivity contribution in [3.05, 3.63) is 260 Å². The zero-order chi connectivity index (χ0) is 47.5. The van der Waals surface area contributed by atoms with E-state index in [4.69, 9.17) is 0 Å². The predicted molar refractivity (Wildman–Crippen MR) is 300 cm³/mol. The molecule has 0 amide bonds. The first-order valence-electron chi connectivity index (χ1n) is 24.6. The molecule has 1 aliphatic carbocycles. The minimum Gasteiger partial charge on any atom is -0.355 e. The number of rotatable bonds is 8. The Morgan fingerprint density at radius 3 is 1.62 bits per heavy atom. The first-order valence-corrected chi connectivity index (χ1v) is 24.6. The first kappa shape index (κ1) is 41.5. The fraction of sp³-hybridized carbons (Fsp3) is 0.0303. The molecule has 0 bridgehead atoms. The van der Waals surface area contributed by atoms with E-state index in [9.17, 15) is 0 Å². The summed E-state index contributed by atoms with van der Waals surface area (Å²) in [5.41, 5.74) is 19.6. The highest BCUT2D eigenvalue weighted by atomic mass is 15.0. The Morgan fingerprint density at radius 1 is 0.403 bits per heavy atom. The summed E-state index contributed by atoms with van der Waals surface area (Å²) in [5.74, 6) is 0.0941. The molecule has 0 aliphatic heterocycles. The van der Waals surface area contributed by atoms with Gasteiger partial charge in [-0.2, -0.15) is 0 Å². The summed E-state index contributed by atoms with van der Waals surface area (Å²) >= 11 is 0. The van der Waals surface area contributed by atoms with Gasteiger partial charge in [0.2, 0.25) is 0 Å². The minimum atomic E-state index is 0.0941. The van der Waals surface area contributed by atoms with Gasteiger partial charge in [0.1, 0.15) is 0 Å². The Hall–Kier alpha value is -9.52. The highest BCUT2D eigenvalue weighted by Gasteiger charge is 2.23. The fourth-order valence-electron chi connectivity index (χ4n) is 11.3. The lowest BCUT2D eigenvalue weighted by Gasteiger charge is -2.21. The van der Waals surface area contributed by atoms with Gasteiger partial charge in [0.05, 0.1) is 33.3 Å². The van der Waals surface area contributed by atoms with Crippen LogP contribution >= 0.6 is 0 Å². The van der Waals surface area contributed by atoms with E-state index in [0.717, 1.165) is 62.6 Å². The van der Waals surface area contributed by atoms with Gasteiger partial charge in [0, 0.05) is 91.6 Å². The summed E-state index contributed by atoms with van der Waals surface area (Å²) < 4.78 is 7.24. The molecule has 5 heterocycles. The number of benzene rings is 8. The maximum absolute atomic E-state index is 4.41. The lowest BCUT2D eigenvalue weighted by atomic mass is 9.89. The van der Waals surface area contributed by atoms with Crippen molar-refractivity contribution in [2.24, 2.45) is 0 Å². The van der Waals surface area contributed by atoms with Gasteiger partial charge in [-0.05, 0) is 125 Å². The molecule has 1 unspecified atom stereocenters. The van der Waals surface area contributed by atoms with Gasteiger partial charge in [0.25, 0.3) is 0 Å². The number of hydrogen-bond donors (Lipinski definition) is 1. The van der Waals surface area contributed by atoms with Crippen LogP contribution in [0.25, 0.3) is 106 Å². The molecule has 0 spiro atoms. The minimum absolute atomic E-state index is 0.0941. The number of fused-ring (bicyclic) bond motifs is 10. The molecule has 6 heteroatoms. The van der Waals surface area contributed by atoms with E-state index in [1.807, 2.05) is 24.8 Å². The van der Waals surface area contributed by atoms with Gasteiger partial charge < -0.3 is 19.0 Å². The van der Waals surface area contributed by atoms with E-state index in [1.54, 1.807) is 0 Å². The van der Waals surface area contributed by atoms with Crippen LogP contribution in [-0.4, -0.2) is 23.7 Å². The third-order valence-electron chi connectivity index (χ3n) is 14.6.